The Hall–Kier alpha value is -2.79. The Balaban J connectivity index is 1.47. The number of hydrogen-bond acceptors (Lipinski definition) is 3. The largest absolute Gasteiger partial charge is 0.489 e. The molecule has 0 aliphatic carbocycles. The van der Waals surface area contributed by atoms with Crippen molar-refractivity contribution in [1.29, 1.82) is 0 Å². The highest BCUT2D eigenvalue weighted by Crippen LogP contribution is 2.24. The third-order valence-corrected chi connectivity index (χ3v) is 4.50. The molecule has 0 fully saturated rings. The van der Waals surface area contributed by atoms with E-state index in [1.54, 1.807) is 0 Å². The molecule has 2 aromatic carbocycles. The van der Waals surface area contributed by atoms with E-state index in [2.05, 4.69) is 11.4 Å². The zero-order chi connectivity index (χ0) is 17.9. The predicted octanol–water partition coefficient (Wildman–Crippen LogP) is 4.25. The lowest BCUT2D eigenvalue weighted by Gasteiger charge is -2.17. The molecule has 0 amide bonds. The van der Waals surface area contributed by atoms with Gasteiger partial charge in [0, 0.05) is 36.3 Å². The first kappa shape index (κ1) is 16.7. The maximum absolute atomic E-state index is 13.7. The van der Waals surface area contributed by atoms with Crippen LogP contribution in [0.1, 0.15) is 16.8 Å². The maximum Gasteiger partial charge on any atom is 0.165 e. The van der Waals surface area contributed by atoms with E-state index < -0.39 is 11.6 Å². The van der Waals surface area contributed by atoms with E-state index in [0.29, 0.717) is 5.75 Å². The molecule has 0 saturated carbocycles. The molecule has 3 aromatic rings. The van der Waals surface area contributed by atoms with E-state index in [1.165, 1.54) is 17.7 Å². The lowest BCUT2D eigenvalue weighted by Crippen LogP contribution is -2.24. The zero-order valence-electron chi connectivity index (χ0n) is 14.1. The Morgan fingerprint density at radius 1 is 1.00 bits per heavy atom. The first-order valence-electron chi connectivity index (χ1n) is 8.56. The Labute approximate surface area is 150 Å². The fraction of sp³-hybridized carbons (Fsp3) is 0.190. The minimum absolute atomic E-state index is 0.0208. The molecule has 5 heteroatoms. The van der Waals surface area contributed by atoms with E-state index >= 15 is 0 Å². The summed E-state index contributed by atoms with van der Waals surface area (Å²) in [5.74, 6) is -1.13. The Kier molecular flexibility index (Phi) is 4.63. The number of fused-ring (bicyclic) bond motifs is 1. The molecule has 0 spiro atoms. The third kappa shape index (κ3) is 3.44. The molecule has 132 valence electrons. The van der Waals surface area contributed by atoms with Crippen molar-refractivity contribution in [3.63, 3.8) is 0 Å². The zero-order valence-corrected chi connectivity index (χ0v) is 14.1. The number of nitrogens with zero attached hydrogens (tertiary/aromatic N) is 1. The number of rotatable bonds is 4. The van der Waals surface area contributed by atoms with Gasteiger partial charge in [-0.2, -0.15) is 0 Å². The molecule has 26 heavy (non-hydrogen) atoms. The summed E-state index contributed by atoms with van der Waals surface area (Å²) < 4.78 is 32.5. The minimum atomic E-state index is -0.866. The van der Waals surface area contributed by atoms with Gasteiger partial charge in [-0.05, 0) is 42.0 Å². The van der Waals surface area contributed by atoms with Gasteiger partial charge in [0.05, 0.1) is 5.69 Å². The Bertz CT molecular complexity index is 926. The highest BCUT2D eigenvalue weighted by atomic mass is 19.2. The van der Waals surface area contributed by atoms with Crippen molar-refractivity contribution < 1.29 is 13.5 Å². The van der Waals surface area contributed by atoms with Gasteiger partial charge in [-0.25, -0.2) is 8.78 Å². The minimum Gasteiger partial charge on any atom is -0.489 e. The summed E-state index contributed by atoms with van der Waals surface area (Å²) in [6.45, 7) is 1.80. The monoisotopic (exact) mass is 352 g/mol. The third-order valence-electron chi connectivity index (χ3n) is 4.50. The van der Waals surface area contributed by atoms with Crippen molar-refractivity contribution in [2.24, 2.45) is 0 Å². The number of pyridine rings is 1. The molecule has 1 aliphatic heterocycles. The molecular weight excluding hydrogens is 334 g/mol. The summed E-state index contributed by atoms with van der Waals surface area (Å²) in [5, 5.41) is 3.34. The van der Waals surface area contributed by atoms with Crippen molar-refractivity contribution in [3.8, 4) is 17.0 Å². The van der Waals surface area contributed by atoms with Crippen LogP contribution in [0.4, 0.5) is 8.78 Å². The van der Waals surface area contributed by atoms with Gasteiger partial charge >= 0.3 is 0 Å². The van der Waals surface area contributed by atoms with Gasteiger partial charge in [0.25, 0.3) is 0 Å². The molecular formula is C21H18F2N2O. The summed E-state index contributed by atoms with van der Waals surface area (Å²) >= 11 is 0. The molecule has 0 saturated heterocycles. The normalized spacial score (nSPS) is 13.3. The molecule has 1 N–H and O–H groups in total. The van der Waals surface area contributed by atoms with E-state index in [-0.39, 0.29) is 12.2 Å². The first-order chi connectivity index (χ1) is 12.7. The van der Waals surface area contributed by atoms with Crippen LogP contribution in [-0.2, 0) is 19.6 Å². The number of nitrogens with one attached hydrogen (secondary N) is 1. The van der Waals surface area contributed by atoms with E-state index in [0.717, 1.165) is 42.5 Å². The topological polar surface area (TPSA) is 34.1 Å². The highest BCUT2D eigenvalue weighted by Gasteiger charge is 2.12. The molecule has 1 aromatic heterocycles. The van der Waals surface area contributed by atoms with Crippen molar-refractivity contribution >= 4 is 0 Å². The summed E-state index contributed by atoms with van der Waals surface area (Å²) in [6.07, 6.45) is 0.934. The van der Waals surface area contributed by atoms with Crippen LogP contribution in [0.15, 0.2) is 54.6 Å². The van der Waals surface area contributed by atoms with Gasteiger partial charge in [-0.3, -0.25) is 4.98 Å². The van der Waals surface area contributed by atoms with Gasteiger partial charge in [0.1, 0.15) is 12.4 Å². The van der Waals surface area contributed by atoms with E-state index in [4.69, 9.17) is 9.72 Å². The molecule has 0 atom stereocenters. The maximum atomic E-state index is 13.7. The van der Waals surface area contributed by atoms with Crippen molar-refractivity contribution in [1.82, 2.24) is 10.3 Å². The molecule has 4 rings (SSSR count). The van der Waals surface area contributed by atoms with Gasteiger partial charge in [0.15, 0.2) is 11.6 Å². The molecule has 1 aliphatic rings. The highest BCUT2D eigenvalue weighted by molar-refractivity contribution is 5.60. The average Bonchev–Trinajstić information content (AvgIpc) is 2.69. The van der Waals surface area contributed by atoms with Crippen LogP contribution in [0.3, 0.4) is 0 Å². The Morgan fingerprint density at radius 3 is 2.69 bits per heavy atom. The number of benzene rings is 2. The number of hydrogen-bond donors (Lipinski definition) is 1. The smallest absolute Gasteiger partial charge is 0.165 e. The SMILES string of the molecule is Fc1cccc(COc2ccc(-c3ccc4c(n3)CCNC4)cc2)c1F. The second kappa shape index (κ2) is 7.22. The quantitative estimate of drug-likeness (QED) is 0.762. The van der Waals surface area contributed by atoms with Crippen LogP contribution >= 0.6 is 0 Å². The molecule has 0 unspecified atom stereocenters. The lowest BCUT2D eigenvalue weighted by molar-refractivity contribution is 0.297. The van der Waals surface area contributed by atoms with Crippen LogP contribution in [-0.4, -0.2) is 11.5 Å². The van der Waals surface area contributed by atoms with Gasteiger partial charge in [-0.15, -0.1) is 0 Å². The average molecular weight is 352 g/mol. The van der Waals surface area contributed by atoms with Crippen LogP contribution in [0.25, 0.3) is 11.3 Å². The van der Waals surface area contributed by atoms with Crippen LogP contribution in [0.2, 0.25) is 0 Å². The number of ether oxygens (including phenoxy) is 1. The fourth-order valence-corrected chi connectivity index (χ4v) is 3.04. The van der Waals surface area contributed by atoms with Crippen molar-refractivity contribution in [2.45, 2.75) is 19.6 Å². The predicted molar refractivity (Wildman–Crippen MR) is 95.8 cm³/mol. The van der Waals surface area contributed by atoms with Gasteiger partial charge in [0.2, 0.25) is 0 Å². The number of halogens is 2. The van der Waals surface area contributed by atoms with Crippen LogP contribution < -0.4 is 10.1 Å². The summed E-state index contributed by atoms with van der Waals surface area (Å²) in [5.41, 5.74) is 4.50. The second-order valence-electron chi connectivity index (χ2n) is 6.26. The van der Waals surface area contributed by atoms with Crippen molar-refractivity contribution in [2.75, 3.05) is 6.54 Å². The van der Waals surface area contributed by atoms with Crippen molar-refractivity contribution in [3.05, 3.63) is 83.1 Å². The van der Waals surface area contributed by atoms with Gasteiger partial charge < -0.3 is 10.1 Å². The lowest BCUT2D eigenvalue weighted by atomic mass is 10.0. The van der Waals surface area contributed by atoms with Crippen LogP contribution in [0, 0.1) is 11.6 Å². The molecule has 2 heterocycles. The Morgan fingerprint density at radius 2 is 1.85 bits per heavy atom. The summed E-state index contributed by atoms with van der Waals surface area (Å²) in [7, 11) is 0. The number of aromatic nitrogens is 1. The molecule has 0 radical (unpaired) electrons. The standard InChI is InChI=1S/C21H18F2N2O/c22-18-3-1-2-16(21(18)23)13-26-17-7-4-14(5-8-17)19-9-6-15-12-24-11-10-20(15)25-19/h1-9,24H,10-13H2. The first-order valence-corrected chi connectivity index (χ1v) is 8.56. The second-order valence-corrected chi connectivity index (χ2v) is 6.26. The van der Waals surface area contributed by atoms with E-state index in [1.807, 2.05) is 30.3 Å². The van der Waals surface area contributed by atoms with Crippen LogP contribution in [0.5, 0.6) is 5.75 Å². The fourth-order valence-electron chi connectivity index (χ4n) is 3.04. The summed E-state index contributed by atoms with van der Waals surface area (Å²) in [6, 6.07) is 15.7. The molecule has 3 nitrogen and oxygen atoms in total. The summed E-state index contributed by atoms with van der Waals surface area (Å²) in [4.78, 5) is 4.76. The molecule has 0 bridgehead atoms. The van der Waals surface area contributed by atoms with Gasteiger partial charge in [-0.1, -0.05) is 18.2 Å². The van der Waals surface area contributed by atoms with E-state index in [9.17, 15) is 8.78 Å².